The van der Waals surface area contributed by atoms with Gasteiger partial charge in [-0.25, -0.2) is 4.79 Å². The molecule has 7 heteroatoms. The summed E-state index contributed by atoms with van der Waals surface area (Å²) in [7, 11) is 3.48. The minimum Gasteiger partial charge on any atom is -0.375 e. The van der Waals surface area contributed by atoms with E-state index in [1.165, 1.54) is 11.3 Å². The number of fused-ring (bicyclic) bond motifs is 1. The van der Waals surface area contributed by atoms with Crippen molar-refractivity contribution in [2.75, 3.05) is 40.3 Å². The zero-order valence-electron chi connectivity index (χ0n) is 15.5. The average molecular weight is 357 g/mol. The standard InChI is InChI=1S/C19H27N5O2/c1-22(2)19(25)20-12-18-14-23(13-17-8-9-21-24(17)18)10-11-26-15-16-6-4-3-5-7-16/h3-9,18H,10-15H2,1-2H3,(H,20,25). The van der Waals surface area contributed by atoms with Crippen molar-refractivity contribution in [3.8, 4) is 0 Å². The van der Waals surface area contributed by atoms with E-state index in [1.54, 1.807) is 19.0 Å². The predicted octanol–water partition coefficient (Wildman–Crippen LogP) is 1.73. The van der Waals surface area contributed by atoms with Crippen LogP contribution in [0.15, 0.2) is 42.6 Å². The van der Waals surface area contributed by atoms with Crippen molar-refractivity contribution in [3.63, 3.8) is 0 Å². The minimum atomic E-state index is -0.0815. The molecule has 1 aliphatic heterocycles. The fourth-order valence-electron chi connectivity index (χ4n) is 3.11. The second-order valence-corrected chi connectivity index (χ2v) is 6.77. The molecule has 1 atom stereocenters. The van der Waals surface area contributed by atoms with Gasteiger partial charge in [0.2, 0.25) is 0 Å². The Kier molecular flexibility index (Phi) is 6.25. The Labute approximate surface area is 154 Å². The van der Waals surface area contributed by atoms with E-state index in [-0.39, 0.29) is 12.1 Å². The molecule has 3 rings (SSSR count). The largest absolute Gasteiger partial charge is 0.375 e. The molecule has 1 N–H and O–H groups in total. The van der Waals surface area contributed by atoms with Gasteiger partial charge in [-0.2, -0.15) is 5.10 Å². The number of carbonyl (C=O) groups is 1. The van der Waals surface area contributed by atoms with Crippen LogP contribution in [0, 0.1) is 0 Å². The summed E-state index contributed by atoms with van der Waals surface area (Å²) >= 11 is 0. The van der Waals surface area contributed by atoms with E-state index in [4.69, 9.17) is 4.74 Å². The van der Waals surface area contributed by atoms with Crippen LogP contribution in [0.2, 0.25) is 0 Å². The highest BCUT2D eigenvalue weighted by Gasteiger charge is 2.25. The molecular weight excluding hydrogens is 330 g/mol. The Balaban J connectivity index is 1.49. The number of hydrogen-bond acceptors (Lipinski definition) is 4. The lowest BCUT2D eigenvalue weighted by Crippen LogP contribution is -2.45. The van der Waals surface area contributed by atoms with Crippen LogP contribution in [-0.4, -0.2) is 65.9 Å². The summed E-state index contributed by atoms with van der Waals surface area (Å²) in [5, 5.41) is 7.39. The van der Waals surface area contributed by atoms with E-state index in [2.05, 4.69) is 27.4 Å². The molecule has 1 unspecified atom stereocenters. The van der Waals surface area contributed by atoms with Crippen LogP contribution in [0.5, 0.6) is 0 Å². The molecule has 26 heavy (non-hydrogen) atoms. The highest BCUT2D eigenvalue weighted by atomic mass is 16.5. The molecule has 1 aliphatic rings. The Hall–Kier alpha value is -2.38. The summed E-state index contributed by atoms with van der Waals surface area (Å²) in [6, 6.07) is 12.3. The summed E-state index contributed by atoms with van der Waals surface area (Å²) in [4.78, 5) is 15.7. The molecule has 0 bridgehead atoms. The second kappa shape index (κ2) is 8.82. The number of nitrogens with zero attached hydrogens (tertiary/aromatic N) is 4. The Morgan fingerprint density at radius 3 is 2.88 bits per heavy atom. The van der Waals surface area contributed by atoms with Crippen molar-refractivity contribution in [1.29, 1.82) is 0 Å². The quantitative estimate of drug-likeness (QED) is 0.767. The number of amides is 2. The van der Waals surface area contributed by atoms with E-state index in [0.717, 1.165) is 19.6 Å². The second-order valence-electron chi connectivity index (χ2n) is 6.77. The first kappa shape index (κ1) is 18.4. The fraction of sp³-hybridized carbons (Fsp3) is 0.474. The molecule has 0 radical (unpaired) electrons. The zero-order chi connectivity index (χ0) is 18.4. The Morgan fingerprint density at radius 1 is 1.31 bits per heavy atom. The third kappa shape index (κ3) is 4.83. The van der Waals surface area contributed by atoms with E-state index < -0.39 is 0 Å². The molecule has 1 aromatic carbocycles. The predicted molar refractivity (Wildman–Crippen MR) is 99.7 cm³/mol. The molecular formula is C19H27N5O2. The number of benzene rings is 1. The third-order valence-electron chi connectivity index (χ3n) is 4.51. The van der Waals surface area contributed by atoms with Gasteiger partial charge in [0.25, 0.3) is 0 Å². The number of aromatic nitrogens is 2. The molecule has 140 valence electrons. The Morgan fingerprint density at radius 2 is 2.12 bits per heavy atom. The minimum absolute atomic E-state index is 0.0815. The van der Waals surface area contributed by atoms with E-state index >= 15 is 0 Å². The first-order valence-corrected chi connectivity index (χ1v) is 8.95. The van der Waals surface area contributed by atoms with Gasteiger partial charge in [-0.15, -0.1) is 0 Å². The zero-order valence-corrected chi connectivity index (χ0v) is 15.5. The number of urea groups is 1. The summed E-state index contributed by atoms with van der Waals surface area (Å²) in [6.45, 7) is 4.43. The van der Waals surface area contributed by atoms with Gasteiger partial charge in [-0.3, -0.25) is 9.58 Å². The van der Waals surface area contributed by atoms with Gasteiger partial charge in [0.05, 0.1) is 24.9 Å². The van der Waals surface area contributed by atoms with Gasteiger partial charge in [-0.1, -0.05) is 30.3 Å². The van der Waals surface area contributed by atoms with Gasteiger partial charge in [0.15, 0.2) is 0 Å². The number of nitrogens with one attached hydrogen (secondary N) is 1. The van der Waals surface area contributed by atoms with Crippen molar-refractivity contribution in [3.05, 3.63) is 53.9 Å². The van der Waals surface area contributed by atoms with Crippen molar-refractivity contribution in [1.82, 2.24) is 24.9 Å². The lowest BCUT2D eigenvalue weighted by atomic mass is 10.2. The molecule has 0 aliphatic carbocycles. The maximum atomic E-state index is 11.8. The van der Waals surface area contributed by atoms with Crippen LogP contribution < -0.4 is 5.32 Å². The highest BCUT2D eigenvalue weighted by Crippen LogP contribution is 2.19. The van der Waals surface area contributed by atoms with Crippen LogP contribution in [-0.2, 0) is 17.9 Å². The van der Waals surface area contributed by atoms with Crippen molar-refractivity contribution in [2.24, 2.45) is 0 Å². The van der Waals surface area contributed by atoms with Gasteiger partial charge >= 0.3 is 6.03 Å². The average Bonchev–Trinajstić information content (AvgIpc) is 3.12. The smallest absolute Gasteiger partial charge is 0.316 e. The maximum Gasteiger partial charge on any atom is 0.316 e. The summed E-state index contributed by atoms with van der Waals surface area (Å²) in [6.07, 6.45) is 1.82. The number of hydrogen-bond donors (Lipinski definition) is 1. The first-order valence-electron chi connectivity index (χ1n) is 8.95. The molecule has 0 fully saturated rings. The summed E-state index contributed by atoms with van der Waals surface area (Å²) in [5.41, 5.74) is 2.36. The lowest BCUT2D eigenvalue weighted by Gasteiger charge is -2.34. The van der Waals surface area contributed by atoms with Crippen LogP contribution in [0.1, 0.15) is 17.3 Å². The van der Waals surface area contributed by atoms with Crippen molar-refractivity contribution in [2.45, 2.75) is 19.2 Å². The van der Waals surface area contributed by atoms with Gasteiger partial charge < -0.3 is 15.0 Å². The van der Waals surface area contributed by atoms with Gasteiger partial charge in [-0.05, 0) is 11.6 Å². The summed E-state index contributed by atoms with van der Waals surface area (Å²) in [5.74, 6) is 0. The third-order valence-corrected chi connectivity index (χ3v) is 4.51. The Bertz CT molecular complexity index is 701. The van der Waals surface area contributed by atoms with Crippen molar-refractivity contribution < 1.29 is 9.53 Å². The molecule has 2 aromatic rings. The number of ether oxygens (including phenoxy) is 1. The molecule has 0 spiro atoms. The number of rotatable bonds is 7. The monoisotopic (exact) mass is 357 g/mol. The SMILES string of the molecule is CN(C)C(=O)NCC1CN(CCOCc2ccccc2)Cc2ccnn21. The highest BCUT2D eigenvalue weighted by molar-refractivity contribution is 5.73. The molecule has 2 heterocycles. The molecule has 2 amide bonds. The van der Waals surface area contributed by atoms with Crippen molar-refractivity contribution >= 4 is 6.03 Å². The molecule has 1 aromatic heterocycles. The molecule has 0 saturated heterocycles. The van der Waals surface area contributed by atoms with Gasteiger partial charge in [0.1, 0.15) is 0 Å². The van der Waals surface area contributed by atoms with Gasteiger partial charge in [0, 0.05) is 46.5 Å². The number of carbonyl (C=O) groups excluding carboxylic acids is 1. The van der Waals surface area contributed by atoms with Crippen LogP contribution in [0.25, 0.3) is 0 Å². The van der Waals surface area contributed by atoms with Crippen LogP contribution in [0.4, 0.5) is 4.79 Å². The summed E-state index contributed by atoms with van der Waals surface area (Å²) < 4.78 is 7.84. The fourth-order valence-corrected chi connectivity index (χ4v) is 3.11. The molecule has 7 nitrogen and oxygen atoms in total. The maximum absolute atomic E-state index is 11.8. The topological polar surface area (TPSA) is 62.6 Å². The lowest BCUT2D eigenvalue weighted by molar-refractivity contribution is 0.0753. The van der Waals surface area contributed by atoms with Crippen LogP contribution >= 0.6 is 0 Å². The van der Waals surface area contributed by atoms with E-state index in [0.29, 0.717) is 19.8 Å². The van der Waals surface area contributed by atoms with Crippen LogP contribution in [0.3, 0.4) is 0 Å². The first-order chi connectivity index (χ1) is 12.6. The molecule has 0 saturated carbocycles. The van der Waals surface area contributed by atoms with E-state index in [9.17, 15) is 4.79 Å². The van der Waals surface area contributed by atoms with E-state index in [1.807, 2.05) is 35.1 Å². The normalized spacial score (nSPS) is 16.9.